The van der Waals surface area contributed by atoms with Gasteiger partial charge in [0.05, 0.1) is 44.2 Å². The lowest BCUT2D eigenvalue weighted by molar-refractivity contribution is -0.369. The minimum atomic E-state index is -1.66. The van der Waals surface area contributed by atoms with Crippen molar-refractivity contribution in [2.75, 3.05) is 19.8 Å². The van der Waals surface area contributed by atoms with Gasteiger partial charge < -0.3 is 89.7 Å². The highest BCUT2D eigenvalue weighted by Gasteiger charge is 2.62. The van der Waals surface area contributed by atoms with Gasteiger partial charge in [-0.25, -0.2) is 0 Å². The Morgan fingerprint density at radius 2 is 1.35 bits per heavy atom. The van der Waals surface area contributed by atoms with Gasteiger partial charge in [-0.3, -0.25) is 0 Å². The molecule has 6 fully saturated rings. The van der Waals surface area contributed by atoms with E-state index in [1.54, 1.807) is 0 Å². The monoisotopic (exact) mass is 905 g/mol. The Kier molecular flexibility index (Phi) is 15.8. The standard InChI is InChI=1S/C45H76O18/c1-19(18-58-41-38(56)36(54)33(51)29(16-46)61-41)6-9-27(48)20(2)31-28(49)15-26-24-8-7-22-14-23(10-12-44(22,4)25(24)11-13-45(26,31)5)60-43-40(37(55)34(52)30(17-47)62-43)63-42-39(57)35(53)32(50)21(3)59-42/h7,19-21,23-43,46-57H,6,8-18H2,1-5H3. The molecule has 0 bridgehead atoms. The molecule has 3 saturated heterocycles. The van der Waals surface area contributed by atoms with Gasteiger partial charge in [-0.05, 0) is 111 Å². The van der Waals surface area contributed by atoms with E-state index < -0.39 is 118 Å². The minimum absolute atomic E-state index is 0.0437. The summed E-state index contributed by atoms with van der Waals surface area (Å²) in [7, 11) is 0. The van der Waals surface area contributed by atoms with Crippen molar-refractivity contribution >= 4 is 0 Å². The third-order valence-electron chi connectivity index (χ3n) is 16.9. The maximum Gasteiger partial charge on any atom is 0.187 e. The smallest absolute Gasteiger partial charge is 0.187 e. The highest BCUT2D eigenvalue weighted by Crippen LogP contribution is 2.67. The number of allylic oxidation sites excluding steroid dienone is 1. The molecule has 364 valence electrons. The van der Waals surface area contributed by atoms with Crippen LogP contribution in [0.5, 0.6) is 0 Å². The summed E-state index contributed by atoms with van der Waals surface area (Å²) in [4.78, 5) is 0. The van der Waals surface area contributed by atoms with Crippen molar-refractivity contribution in [3.63, 3.8) is 0 Å². The average Bonchev–Trinajstić information content (AvgIpc) is 3.54. The number of ether oxygens (including phenoxy) is 6. The van der Waals surface area contributed by atoms with Crippen molar-refractivity contribution in [2.45, 2.75) is 203 Å². The molecule has 0 aromatic rings. The molecular weight excluding hydrogens is 828 g/mol. The van der Waals surface area contributed by atoms with Crippen LogP contribution in [0.2, 0.25) is 0 Å². The van der Waals surface area contributed by atoms with Gasteiger partial charge in [-0.15, -0.1) is 0 Å². The Bertz CT molecular complexity index is 1540. The molecule has 63 heavy (non-hydrogen) atoms. The van der Waals surface area contributed by atoms with Crippen LogP contribution < -0.4 is 0 Å². The third kappa shape index (κ3) is 9.44. The first-order valence-electron chi connectivity index (χ1n) is 23.4. The number of hydrogen-bond donors (Lipinski definition) is 12. The molecule has 0 radical (unpaired) electrons. The third-order valence-corrected chi connectivity index (χ3v) is 16.9. The van der Waals surface area contributed by atoms with E-state index >= 15 is 0 Å². The average molecular weight is 905 g/mol. The number of hydrogen-bond acceptors (Lipinski definition) is 18. The van der Waals surface area contributed by atoms with Gasteiger partial charge >= 0.3 is 0 Å². The number of rotatable bonds is 14. The molecule has 0 aromatic heterocycles. The maximum atomic E-state index is 11.8. The van der Waals surface area contributed by atoms with Gasteiger partial charge in [-0.2, -0.15) is 0 Å². The van der Waals surface area contributed by atoms with E-state index in [4.69, 9.17) is 28.4 Å². The summed E-state index contributed by atoms with van der Waals surface area (Å²) >= 11 is 0. The van der Waals surface area contributed by atoms with E-state index in [-0.39, 0.29) is 47.2 Å². The molecular formula is C45H76O18. The first-order valence-corrected chi connectivity index (χ1v) is 23.4. The number of aliphatic hydroxyl groups excluding tert-OH is 12. The molecule has 7 rings (SSSR count). The van der Waals surface area contributed by atoms with Gasteiger partial charge in [0.2, 0.25) is 0 Å². The maximum absolute atomic E-state index is 11.8. The predicted molar refractivity (Wildman–Crippen MR) is 220 cm³/mol. The molecule has 0 amide bonds. The fourth-order valence-electron chi connectivity index (χ4n) is 13.0. The molecule has 0 spiro atoms. The van der Waals surface area contributed by atoms with Crippen molar-refractivity contribution in [1.29, 1.82) is 0 Å². The minimum Gasteiger partial charge on any atom is -0.394 e. The zero-order valence-electron chi connectivity index (χ0n) is 37.2. The Morgan fingerprint density at radius 1 is 0.714 bits per heavy atom. The molecule has 26 atom stereocenters. The first-order chi connectivity index (χ1) is 29.7. The lowest BCUT2D eigenvalue weighted by Gasteiger charge is -2.58. The number of aliphatic hydroxyl groups is 12. The molecule has 3 saturated carbocycles. The van der Waals surface area contributed by atoms with Crippen molar-refractivity contribution < 1.29 is 89.7 Å². The van der Waals surface area contributed by atoms with Crippen LogP contribution in [0.25, 0.3) is 0 Å². The first kappa shape index (κ1) is 49.9. The Hall–Kier alpha value is -0.980. The van der Waals surface area contributed by atoms with E-state index in [2.05, 4.69) is 19.9 Å². The normalized spacial score (nSPS) is 51.6. The van der Waals surface area contributed by atoms with Crippen molar-refractivity contribution in [2.24, 2.45) is 46.3 Å². The van der Waals surface area contributed by atoms with Gasteiger partial charge in [0.1, 0.15) is 67.1 Å². The van der Waals surface area contributed by atoms with Crippen LogP contribution in [0.3, 0.4) is 0 Å². The van der Waals surface area contributed by atoms with Gasteiger partial charge in [0.15, 0.2) is 18.9 Å². The van der Waals surface area contributed by atoms with Crippen LogP contribution in [0, 0.1) is 46.3 Å². The van der Waals surface area contributed by atoms with Crippen LogP contribution in [0.1, 0.15) is 92.4 Å². The molecule has 4 aliphatic carbocycles. The van der Waals surface area contributed by atoms with Crippen LogP contribution >= 0.6 is 0 Å². The fourth-order valence-corrected chi connectivity index (χ4v) is 13.0. The van der Waals surface area contributed by atoms with Crippen molar-refractivity contribution in [1.82, 2.24) is 0 Å². The summed E-state index contributed by atoms with van der Waals surface area (Å²) in [5.74, 6) is 0.669. The van der Waals surface area contributed by atoms with E-state index in [1.807, 2.05) is 13.8 Å². The topological polar surface area (TPSA) is 298 Å². The lowest BCUT2D eigenvalue weighted by atomic mass is 9.47. The highest BCUT2D eigenvalue weighted by molar-refractivity contribution is 5.26. The Balaban J connectivity index is 0.961. The van der Waals surface area contributed by atoms with Crippen LogP contribution in [-0.4, -0.2) is 192 Å². The van der Waals surface area contributed by atoms with E-state index in [1.165, 1.54) is 12.5 Å². The molecule has 3 heterocycles. The molecule has 7 aliphatic rings. The van der Waals surface area contributed by atoms with Crippen LogP contribution in [0.4, 0.5) is 0 Å². The summed E-state index contributed by atoms with van der Waals surface area (Å²) in [5, 5.41) is 126. The lowest BCUT2D eigenvalue weighted by Crippen LogP contribution is -2.64. The van der Waals surface area contributed by atoms with Gasteiger partial charge in [0, 0.05) is 0 Å². The van der Waals surface area contributed by atoms with Gasteiger partial charge in [-0.1, -0.05) is 39.3 Å². The molecule has 18 nitrogen and oxygen atoms in total. The number of fused-ring (bicyclic) bond motifs is 5. The summed E-state index contributed by atoms with van der Waals surface area (Å²) < 4.78 is 35.3. The second kappa shape index (κ2) is 19.9. The van der Waals surface area contributed by atoms with E-state index in [9.17, 15) is 61.3 Å². The van der Waals surface area contributed by atoms with Crippen LogP contribution in [-0.2, 0) is 28.4 Å². The van der Waals surface area contributed by atoms with Gasteiger partial charge in [0.25, 0.3) is 0 Å². The highest BCUT2D eigenvalue weighted by atomic mass is 16.8. The quantitative estimate of drug-likeness (QED) is 0.0912. The molecule has 12 N–H and O–H groups in total. The zero-order valence-corrected chi connectivity index (χ0v) is 37.2. The Morgan fingerprint density at radius 3 is 2.03 bits per heavy atom. The van der Waals surface area contributed by atoms with Crippen molar-refractivity contribution in [3.05, 3.63) is 11.6 Å². The predicted octanol–water partition coefficient (Wildman–Crippen LogP) is -1.20. The SMILES string of the molecule is CC(CCC(O)C(C)C1C(O)CC2C3CC=C4CC(OC5OC(CO)C(O)C(O)C5OC5OC(C)C(O)C(O)C5O)CCC4(C)C3CCC21C)COC1OC(CO)C(O)C(O)C1O. The van der Waals surface area contributed by atoms with E-state index in [0.29, 0.717) is 43.9 Å². The largest absolute Gasteiger partial charge is 0.394 e. The summed E-state index contributed by atoms with van der Waals surface area (Å²) in [6.45, 7) is 9.17. The second-order valence-electron chi connectivity index (χ2n) is 20.8. The summed E-state index contributed by atoms with van der Waals surface area (Å²) in [5.41, 5.74) is 0.979. The fraction of sp³-hybridized carbons (Fsp3) is 0.956. The Labute approximate surface area is 369 Å². The van der Waals surface area contributed by atoms with E-state index in [0.717, 1.165) is 25.7 Å². The summed E-state index contributed by atoms with van der Waals surface area (Å²) in [6, 6.07) is 0. The van der Waals surface area contributed by atoms with Crippen molar-refractivity contribution in [3.8, 4) is 0 Å². The summed E-state index contributed by atoms with van der Waals surface area (Å²) in [6.07, 6.45) is -13.4. The molecule has 3 aliphatic heterocycles. The van der Waals surface area contributed by atoms with Crippen LogP contribution in [0.15, 0.2) is 11.6 Å². The molecule has 26 unspecified atom stereocenters. The second-order valence-corrected chi connectivity index (χ2v) is 20.8. The zero-order chi connectivity index (χ0) is 45.9. The molecule has 18 heteroatoms. The molecule has 0 aromatic carbocycles.